The van der Waals surface area contributed by atoms with E-state index in [4.69, 9.17) is 4.74 Å². The fraction of sp³-hybridized carbons (Fsp3) is 0.353. The minimum absolute atomic E-state index is 0.114. The number of nitrogens with one attached hydrogen (secondary N) is 1. The van der Waals surface area contributed by atoms with E-state index in [1.165, 1.54) is 5.56 Å². The van der Waals surface area contributed by atoms with Gasteiger partial charge in [0, 0.05) is 22.8 Å². The Labute approximate surface area is 134 Å². The van der Waals surface area contributed by atoms with Gasteiger partial charge in [-0.05, 0) is 56.7 Å². The number of halogens is 1. The molecule has 4 heteroatoms. The number of rotatable bonds is 5. The molecule has 0 radical (unpaired) electrons. The van der Waals surface area contributed by atoms with Gasteiger partial charge in [-0.2, -0.15) is 0 Å². The summed E-state index contributed by atoms with van der Waals surface area (Å²) >= 11 is 3.40. The predicted molar refractivity (Wildman–Crippen MR) is 89.3 cm³/mol. The number of benzene rings is 1. The Kier molecular flexibility index (Phi) is 5.37. The van der Waals surface area contributed by atoms with Crippen molar-refractivity contribution in [2.45, 2.75) is 39.5 Å². The fourth-order valence-corrected chi connectivity index (χ4v) is 1.96. The number of hydrogen-bond acceptors (Lipinski definition) is 3. The summed E-state index contributed by atoms with van der Waals surface area (Å²) in [5.74, 6) is 0.846. The molecule has 0 atom stereocenters. The van der Waals surface area contributed by atoms with Crippen LogP contribution in [-0.4, -0.2) is 10.5 Å². The van der Waals surface area contributed by atoms with Gasteiger partial charge in [-0.3, -0.25) is 4.98 Å². The number of ether oxygens (including phenoxy) is 1. The van der Waals surface area contributed by atoms with E-state index in [0.29, 0.717) is 6.61 Å². The fourth-order valence-electron chi connectivity index (χ4n) is 1.70. The summed E-state index contributed by atoms with van der Waals surface area (Å²) in [5.41, 5.74) is 2.22. The third-order valence-corrected chi connectivity index (χ3v) is 3.44. The van der Waals surface area contributed by atoms with Crippen LogP contribution in [0.4, 0.5) is 0 Å². The quantitative estimate of drug-likeness (QED) is 0.873. The van der Waals surface area contributed by atoms with Crippen molar-refractivity contribution in [3.8, 4) is 5.75 Å². The Morgan fingerprint density at radius 2 is 1.81 bits per heavy atom. The second-order valence-corrected chi connectivity index (χ2v) is 6.92. The van der Waals surface area contributed by atoms with Crippen molar-refractivity contribution in [2.75, 3.05) is 0 Å². The largest absolute Gasteiger partial charge is 0.487 e. The lowest BCUT2D eigenvalue weighted by Crippen LogP contribution is -2.35. The Balaban J connectivity index is 1.86. The third kappa shape index (κ3) is 5.86. The SMILES string of the molecule is CC(C)(C)NCc1ccc(COc2ccc(Br)cc2)nc1. The standard InChI is InChI=1S/C17H21BrN2O/c1-17(2,3)20-11-13-4-7-15(19-10-13)12-21-16-8-5-14(18)6-9-16/h4-10,20H,11-12H2,1-3H3. The highest BCUT2D eigenvalue weighted by Gasteiger charge is 2.08. The minimum Gasteiger partial charge on any atom is -0.487 e. The van der Waals surface area contributed by atoms with E-state index in [1.807, 2.05) is 36.5 Å². The molecule has 0 saturated carbocycles. The molecule has 1 aromatic heterocycles. The Morgan fingerprint density at radius 3 is 2.38 bits per heavy atom. The van der Waals surface area contributed by atoms with Crippen LogP contribution in [0.25, 0.3) is 0 Å². The van der Waals surface area contributed by atoms with Crippen LogP contribution in [0.5, 0.6) is 5.75 Å². The summed E-state index contributed by atoms with van der Waals surface area (Å²) in [6, 6.07) is 11.9. The molecule has 0 amide bonds. The molecule has 0 bridgehead atoms. The first kappa shape index (κ1) is 16.0. The summed E-state index contributed by atoms with van der Waals surface area (Å²) < 4.78 is 6.75. The van der Waals surface area contributed by atoms with Crippen molar-refractivity contribution in [1.29, 1.82) is 0 Å². The van der Waals surface area contributed by atoms with Crippen molar-refractivity contribution >= 4 is 15.9 Å². The molecule has 0 aliphatic rings. The topological polar surface area (TPSA) is 34.1 Å². The van der Waals surface area contributed by atoms with Gasteiger partial charge in [-0.1, -0.05) is 22.0 Å². The van der Waals surface area contributed by atoms with Crippen molar-refractivity contribution in [3.05, 3.63) is 58.3 Å². The molecule has 2 rings (SSSR count). The molecule has 1 heterocycles. The zero-order valence-corrected chi connectivity index (χ0v) is 14.3. The monoisotopic (exact) mass is 348 g/mol. The molecule has 0 saturated heterocycles. The molecule has 0 fully saturated rings. The molecular formula is C17H21BrN2O. The van der Waals surface area contributed by atoms with Gasteiger partial charge < -0.3 is 10.1 Å². The maximum atomic E-state index is 5.70. The molecule has 0 spiro atoms. The van der Waals surface area contributed by atoms with Gasteiger partial charge in [-0.15, -0.1) is 0 Å². The molecule has 0 unspecified atom stereocenters. The van der Waals surface area contributed by atoms with Gasteiger partial charge in [0.2, 0.25) is 0 Å². The molecule has 3 nitrogen and oxygen atoms in total. The van der Waals surface area contributed by atoms with E-state index >= 15 is 0 Å². The van der Waals surface area contributed by atoms with Crippen LogP contribution in [0.2, 0.25) is 0 Å². The van der Waals surface area contributed by atoms with Crippen LogP contribution < -0.4 is 10.1 Å². The van der Waals surface area contributed by atoms with E-state index in [2.05, 4.69) is 53.1 Å². The number of nitrogens with zero attached hydrogens (tertiary/aromatic N) is 1. The summed E-state index contributed by atoms with van der Waals surface area (Å²) in [4.78, 5) is 4.44. The van der Waals surface area contributed by atoms with E-state index < -0.39 is 0 Å². The van der Waals surface area contributed by atoms with Gasteiger partial charge in [0.25, 0.3) is 0 Å². The number of hydrogen-bond donors (Lipinski definition) is 1. The first-order chi connectivity index (χ1) is 9.92. The van der Waals surface area contributed by atoms with Crippen LogP contribution in [-0.2, 0) is 13.2 Å². The second-order valence-electron chi connectivity index (χ2n) is 6.00. The van der Waals surface area contributed by atoms with Crippen LogP contribution in [0.1, 0.15) is 32.0 Å². The normalized spacial score (nSPS) is 11.4. The second kappa shape index (κ2) is 7.05. The highest BCUT2D eigenvalue weighted by Crippen LogP contribution is 2.17. The molecule has 0 aliphatic heterocycles. The summed E-state index contributed by atoms with van der Waals surface area (Å²) in [7, 11) is 0. The maximum Gasteiger partial charge on any atom is 0.130 e. The number of pyridine rings is 1. The number of aromatic nitrogens is 1. The molecule has 1 aromatic carbocycles. The van der Waals surface area contributed by atoms with E-state index in [1.54, 1.807) is 0 Å². The third-order valence-electron chi connectivity index (χ3n) is 2.91. The molecule has 2 aromatic rings. The zero-order valence-electron chi connectivity index (χ0n) is 12.7. The van der Waals surface area contributed by atoms with Gasteiger partial charge >= 0.3 is 0 Å². The highest BCUT2D eigenvalue weighted by atomic mass is 79.9. The van der Waals surface area contributed by atoms with E-state index in [0.717, 1.165) is 22.5 Å². The van der Waals surface area contributed by atoms with Crippen LogP contribution in [0, 0.1) is 0 Å². The molecule has 21 heavy (non-hydrogen) atoms. The van der Waals surface area contributed by atoms with E-state index in [9.17, 15) is 0 Å². The van der Waals surface area contributed by atoms with Gasteiger partial charge in [0.15, 0.2) is 0 Å². The summed E-state index contributed by atoms with van der Waals surface area (Å²) in [6.45, 7) is 7.77. The van der Waals surface area contributed by atoms with Crippen LogP contribution >= 0.6 is 15.9 Å². The molecule has 112 valence electrons. The minimum atomic E-state index is 0.114. The lowest BCUT2D eigenvalue weighted by molar-refractivity contribution is 0.301. The van der Waals surface area contributed by atoms with Crippen LogP contribution in [0.15, 0.2) is 47.1 Å². The highest BCUT2D eigenvalue weighted by molar-refractivity contribution is 9.10. The Bertz CT molecular complexity index is 559. The van der Waals surface area contributed by atoms with Crippen molar-refractivity contribution in [2.24, 2.45) is 0 Å². The Hall–Kier alpha value is -1.39. The molecule has 1 N–H and O–H groups in total. The maximum absolute atomic E-state index is 5.70. The predicted octanol–water partition coefficient (Wildman–Crippen LogP) is 4.31. The van der Waals surface area contributed by atoms with Crippen LogP contribution in [0.3, 0.4) is 0 Å². The average molecular weight is 349 g/mol. The summed E-state index contributed by atoms with van der Waals surface area (Å²) in [6.07, 6.45) is 1.90. The average Bonchev–Trinajstić information content (AvgIpc) is 2.45. The molecular weight excluding hydrogens is 328 g/mol. The van der Waals surface area contributed by atoms with Gasteiger partial charge in [0.1, 0.15) is 12.4 Å². The van der Waals surface area contributed by atoms with E-state index in [-0.39, 0.29) is 5.54 Å². The smallest absolute Gasteiger partial charge is 0.130 e. The van der Waals surface area contributed by atoms with Crippen molar-refractivity contribution < 1.29 is 4.74 Å². The lowest BCUT2D eigenvalue weighted by atomic mass is 10.1. The first-order valence-corrected chi connectivity index (χ1v) is 7.79. The van der Waals surface area contributed by atoms with Gasteiger partial charge in [0.05, 0.1) is 5.69 Å². The first-order valence-electron chi connectivity index (χ1n) is 6.99. The zero-order chi connectivity index (χ0) is 15.3. The lowest BCUT2D eigenvalue weighted by Gasteiger charge is -2.20. The van der Waals surface area contributed by atoms with Gasteiger partial charge in [-0.25, -0.2) is 0 Å². The van der Waals surface area contributed by atoms with Crippen molar-refractivity contribution in [1.82, 2.24) is 10.3 Å². The summed E-state index contributed by atoms with van der Waals surface area (Å²) in [5, 5.41) is 3.45. The van der Waals surface area contributed by atoms with Crippen molar-refractivity contribution in [3.63, 3.8) is 0 Å². The molecule has 0 aliphatic carbocycles. The Morgan fingerprint density at radius 1 is 1.10 bits per heavy atom.